The largest absolute Gasteiger partial charge is 0.455 e. The normalized spacial score (nSPS) is 12.1. The van der Waals surface area contributed by atoms with E-state index in [1.807, 2.05) is 0 Å². The maximum absolute atomic E-state index is 7.00. The molecular weight excluding hydrogens is 709 g/mol. The molecule has 270 valence electrons. The molecule has 0 radical (unpaired) electrons. The van der Waals surface area contributed by atoms with Gasteiger partial charge < -0.3 is 18.0 Å². The lowest BCUT2D eigenvalue weighted by molar-refractivity contribution is 0.667. The minimum absolute atomic E-state index is 0.870. The summed E-state index contributed by atoms with van der Waals surface area (Å²) in [4.78, 5) is 0. The molecule has 9 aromatic carbocycles. The van der Waals surface area contributed by atoms with Gasteiger partial charge in [-0.05, 0) is 65.7 Å². The maximum atomic E-state index is 7.00. The highest BCUT2D eigenvalue weighted by Gasteiger charge is 2.20. The third-order valence-corrected chi connectivity index (χ3v) is 12.1. The summed E-state index contributed by atoms with van der Waals surface area (Å²) in [6.07, 6.45) is 0. The Bertz CT molecular complexity index is 3710. The molecule has 4 aromatic heterocycles. The highest BCUT2D eigenvalue weighted by atomic mass is 16.3. The van der Waals surface area contributed by atoms with Gasteiger partial charge in [0.15, 0.2) is 5.58 Å². The summed E-state index contributed by atoms with van der Waals surface area (Å²) in [5.41, 5.74) is 14.6. The third kappa shape index (κ3) is 4.34. The van der Waals surface area contributed by atoms with Crippen molar-refractivity contribution in [1.82, 2.24) is 9.13 Å². The van der Waals surface area contributed by atoms with Crippen LogP contribution >= 0.6 is 0 Å². The number of hydrogen-bond donors (Lipinski definition) is 0. The molecule has 0 atom stereocenters. The Morgan fingerprint density at radius 3 is 1.33 bits per heavy atom. The number of benzene rings is 9. The molecule has 0 aliphatic heterocycles. The number of rotatable bonds is 4. The topological polar surface area (TPSA) is 36.1 Å². The fraction of sp³-hybridized carbons (Fsp3) is 0. The van der Waals surface area contributed by atoms with E-state index in [0.717, 1.165) is 88.5 Å². The van der Waals surface area contributed by atoms with E-state index in [2.05, 4.69) is 203 Å². The van der Waals surface area contributed by atoms with Crippen LogP contribution in [0.5, 0.6) is 0 Å². The number of hydrogen-bond acceptors (Lipinski definition) is 2. The second-order valence-corrected chi connectivity index (χ2v) is 15.2. The number of para-hydroxylation sites is 7. The van der Waals surface area contributed by atoms with E-state index < -0.39 is 0 Å². The Balaban J connectivity index is 0.957. The van der Waals surface area contributed by atoms with Crippen molar-refractivity contribution in [2.75, 3.05) is 0 Å². The van der Waals surface area contributed by atoms with Gasteiger partial charge in [-0.25, -0.2) is 0 Å². The molecule has 0 N–H and O–H groups in total. The molecule has 0 fully saturated rings. The maximum Gasteiger partial charge on any atom is 0.159 e. The zero-order chi connectivity index (χ0) is 37.9. The van der Waals surface area contributed by atoms with Crippen LogP contribution in [-0.2, 0) is 0 Å². The summed E-state index contributed by atoms with van der Waals surface area (Å²) in [7, 11) is 0. The van der Waals surface area contributed by atoms with Crippen molar-refractivity contribution in [3.63, 3.8) is 0 Å². The van der Waals surface area contributed by atoms with Crippen LogP contribution in [0.3, 0.4) is 0 Å². The molecule has 4 heteroatoms. The second-order valence-electron chi connectivity index (χ2n) is 15.2. The average Bonchev–Trinajstić information content (AvgIpc) is 4.04. The van der Waals surface area contributed by atoms with Crippen molar-refractivity contribution in [1.29, 1.82) is 0 Å². The van der Waals surface area contributed by atoms with Crippen LogP contribution < -0.4 is 0 Å². The first-order valence-corrected chi connectivity index (χ1v) is 19.8. The molecule has 13 rings (SSSR count). The van der Waals surface area contributed by atoms with Crippen molar-refractivity contribution < 1.29 is 8.83 Å². The van der Waals surface area contributed by atoms with E-state index >= 15 is 0 Å². The molecule has 4 heterocycles. The van der Waals surface area contributed by atoms with Crippen LogP contribution in [0.2, 0.25) is 0 Å². The summed E-state index contributed by atoms with van der Waals surface area (Å²) >= 11 is 0. The molecule has 13 aromatic rings. The number of fused-ring (bicyclic) bond motifs is 12. The van der Waals surface area contributed by atoms with E-state index in [1.165, 1.54) is 32.6 Å². The molecule has 0 saturated heterocycles. The van der Waals surface area contributed by atoms with Gasteiger partial charge in [-0.2, -0.15) is 0 Å². The minimum atomic E-state index is 0.870. The SMILES string of the molecule is c1cc(-c2cccc3c2oc2ccc(-n4c5ccccc5c5ccccc54)cc23)cc(-c2cccc3c2oc2c(-n4c5ccccc5c5ccccc54)cccc23)c1. The fourth-order valence-electron chi connectivity index (χ4n) is 9.60. The summed E-state index contributed by atoms with van der Waals surface area (Å²) in [6, 6.07) is 69.3. The number of aromatic nitrogens is 2. The molecule has 0 aliphatic carbocycles. The van der Waals surface area contributed by atoms with Crippen LogP contribution in [0, 0.1) is 0 Å². The quantitative estimate of drug-likeness (QED) is 0.180. The van der Waals surface area contributed by atoms with Gasteiger partial charge in [0.25, 0.3) is 0 Å². The molecule has 58 heavy (non-hydrogen) atoms. The van der Waals surface area contributed by atoms with Crippen LogP contribution in [0.4, 0.5) is 0 Å². The lowest BCUT2D eigenvalue weighted by atomic mass is 9.96. The summed E-state index contributed by atoms with van der Waals surface area (Å²) < 4.78 is 18.4. The summed E-state index contributed by atoms with van der Waals surface area (Å²) in [6.45, 7) is 0. The molecular formula is C54H32N2O2. The van der Waals surface area contributed by atoms with Crippen molar-refractivity contribution >= 4 is 87.5 Å². The lowest BCUT2D eigenvalue weighted by Crippen LogP contribution is -1.93. The molecule has 0 amide bonds. The van der Waals surface area contributed by atoms with E-state index in [9.17, 15) is 0 Å². The van der Waals surface area contributed by atoms with Crippen molar-refractivity contribution in [3.8, 4) is 33.6 Å². The lowest BCUT2D eigenvalue weighted by Gasteiger charge is -2.08. The Morgan fingerprint density at radius 2 is 0.741 bits per heavy atom. The van der Waals surface area contributed by atoms with Crippen LogP contribution in [0.15, 0.2) is 203 Å². The zero-order valence-corrected chi connectivity index (χ0v) is 31.2. The Labute approximate surface area is 332 Å². The van der Waals surface area contributed by atoms with Gasteiger partial charge >= 0.3 is 0 Å². The first-order valence-electron chi connectivity index (χ1n) is 19.8. The molecule has 0 saturated carbocycles. The van der Waals surface area contributed by atoms with Crippen LogP contribution in [-0.4, -0.2) is 9.13 Å². The van der Waals surface area contributed by atoms with E-state index in [-0.39, 0.29) is 0 Å². The fourth-order valence-corrected chi connectivity index (χ4v) is 9.60. The van der Waals surface area contributed by atoms with Gasteiger partial charge in [0.1, 0.15) is 16.7 Å². The molecule has 0 bridgehead atoms. The van der Waals surface area contributed by atoms with Crippen molar-refractivity contribution in [2.45, 2.75) is 0 Å². The average molecular weight is 741 g/mol. The van der Waals surface area contributed by atoms with E-state index in [4.69, 9.17) is 8.83 Å². The highest BCUT2D eigenvalue weighted by molar-refractivity contribution is 6.15. The molecule has 0 spiro atoms. The highest BCUT2D eigenvalue weighted by Crippen LogP contribution is 2.43. The van der Waals surface area contributed by atoms with Crippen molar-refractivity contribution in [2.24, 2.45) is 0 Å². The molecule has 0 unspecified atom stereocenters. The van der Waals surface area contributed by atoms with Gasteiger partial charge in [0.2, 0.25) is 0 Å². The third-order valence-electron chi connectivity index (χ3n) is 12.1. The van der Waals surface area contributed by atoms with E-state index in [0.29, 0.717) is 0 Å². The van der Waals surface area contributed by atoms with Gasteiger partial charge in [0.05, 0.1) is 27.8 Å². The van der Waals surface area contributed by atoms with Gasteiger partial charge in [0, 0.05) is 59.9 Å². The second kappa shape index (κ2) is 11.8. The zero-order valence-electron chi connectivity index (χ0n) is 31.2. The summed E-state index contributed by atoms with van der Waals surface area (Å²) in [5.74, 6) is 0. The predicted molar refractivity (Wildman–Crippen MR) is 241 cm³/mol. The number of nitrogens with zero attached hydrogens (tertiary/aromatic N) is 2. The Morgan fingerprint density at radius 1 is 0.293 bits per heavy atom. The Hall–Kier alpha value is -7.82. The Kier molecular flexibility index (Phi) is 6.41. The molecule has 0 aliphatic rings. The smallest absolute Gasteiger partial charge is 0.159 e. The van der Waals surface area contributed by atoms with Crippen molar-refractivity contribution in [3.05, 3.63) is 194 Å². The van der Waals surface area contributed by atoms with Gasteiger partial charge in [-0.3, -0.25) is 0 Å². The number of furan rings is 2. The van der Waals surface area contributed by atoms with Crippen LogP contribution in [0.25, 0.3) is 121 Å². The van der Waals surface area contributed by atoms with Gasteiger partial charge in [-0.1, -0.05) is 140 Å². The van der Waals surface area contributed by atoms with Crippen LogP contribution in [0.1, 0.15) is 0 Å². The monoisotopic (exact) mass is 740 g/mol. The summed E-state index contributed by atoms with van der Waals surface area (Å²) in [5, 5.41) is 9.34. The van der Waals surface area contributed by atoms with E-state index in [1.54, 1.807) is 0 Å². The first-order chi connectivity index (χ1) is 28.8. The first kappa shape index (κ1) is 31.4. The molecule has 4 nitrogen and oxygen atoms in total. The minimum Gasteiger partial charge on any atom is -0.455 e. The standard InChI is InChI=1S/C54H32N2O2/c1-5-24-46-38(15-1)39-16-2-6-25-47(39)55(46)35-29-30-51-45(32-35)44-22-11-19-36(52(44)57-51)33-13-9-14-34(31-33)37-20-10-21-42-43-23-12-28-50(54(43)58-53(37)42)56-48-26-7-3-17-40(48)41-18-4-8-27-49(41)56/h1-32H. The predicted octanol–water partition coefficient (Wildman–Crippen LogP) is 15.0. The van der Waals surface area contributed by atoms with Gasteiger partial charge in [-0.15, -0.1) is 0 Å².